The predicted molar refractivity (Wildman–Crippen MR) is 83.1 cm³/mol. The minimum Gasteiger partial charge on any atom is -0.392 e. The summed E-state index contributed by atoms with van der Waals surface area (Å²) in [5, 5.41) is 0. The van der Waals surface area contributed by atoms with Gasteiger partial charge in [0.15, 0.2) is 0 Å². The molecule has 0 bridgehead atoms. The topological polar surface area (TPSA) is 49.6 Å². The van der Waals surface area contributed by atoms with E-state index in [0.717, 1.165) is 51.9 Å². The van der Waals surface area contributed by atoms with Crippen molar-refractivity contribution in [3.63, 3.8) is 0 Å². The molecule has 0 spiro atoms. The Hall–Kier alpha value is -0.680. The molecule has 0 atom stereocenters. The quantitative estimate of drug-likeness (QED) is 0.754. The van der Waals surface area contributed by atoms with Crippen molar-refractivity contribution in [2.24, 2.45) is 11.1 Å². The number of carbonyl (C=O) groups excluding carboxylic acids is 1. The van der Waals surface area contributed by atoms with Crippen molar-refractivity contribution in [2.75, 3.05) is 33.2 Å². The number of carbonyl (C=O) groups is 1. The number of hydrogen-bond acceptors (Lipinski definition) is 3. The van der Waals surface area contributed by atoms with Crippen LogP contribution in [0.5, 0.6) is 0 Å². The zero-order chi connectivity index (χ0) is 14.5. The van der Waals surface area contributed by atoms with Gasteiger partial charge < -0.3 is 15.5 Å². The number of piperazine rings is 1. The Kier molecular flexibility index (Phi) is 6.20. The average Bonchev–Trinajstić information content (AvgIpc) is 2.38. The second-order valence-corrected chi connectivity index (χ2v) is 5.98. The Morgan fingerprint density at radius 2 is 1.63 bits per heavy atom. The third-order valence-corrected chi connectivity index (χ3v) is 4.42. The molecule has 0 aromatic carbocycles. The number of nitrogens with two attached hydrogens (primary N) is 1. The van der Waals surface area contributed by atoms with E-state index < -0.39 is 5.41 Å². The first kappa shape index (κ1) is 16.4. The lowest BCUT2D eigenvalue weighted by Crippen LogP contribution is -2.55. The van der Waals surface area contributed by atoms with Gasteiger partial charge in [-0.1, -0.05) is 38.9 Å². The third-order valence-electron chi connectivity index (χ3n) is 4.03. The van der Waals surface area contributed by atoms with Gasteiger partial charge in [-0.25, -0.2) is 0 Å². The highest BCUT2D eigenvalue weighted by Crippen LogP contribution is 2.33. The van der Waals surface area contributed by atoms with Gasteiger partial charge in [0.25, 0.3) is 0 Å². The lowest BCUT2D eigenvalue weighted by atomic mass is 9.77. The summed E-state index contributed by atoms with van der Waals surface area (Å²) in [5.74, 6) is 0.150. The summed E-state index contributed by atoms with van der Waals surface area (Å²) in [6.07, 6.45) is 3.39. The molecule has 1 heterocycles. The molecule has 0 saturated carbocycles. The van der Waals surface area contributed by atoms with Crippen molar-refractivity contribution < 1.29 is 4.79 Å². The first-order chi connectivity index (χ1) is 8.97. The van der Waals surface area contributed by atoms with E-state index in [1.165, 1.54) is 0 Å². The van der Waals surface area contributed by atoms with Crippen molar-refractivity contribution in [3.8, 4) is 0 Å². The first-order valence-electron chi connectivity index (χ1n) is 7.25. The fraction of sp³-hybridized carbons (Fsp3) is 0.857. The highest BCUT2D eigenvalue weighted by molar-refractivity contribution is 7.80. The molecule has 5 heteroatoms. The van der Waals surface area contributed by atoms with Crippen molar-refractivity contribution >= 4 is 23.1 Å². The Balaban J connectivity index is 2.89. The second kappa shape index (κ2) is 7.20. The minimum absolute atomic E-state index is 0.150. The van der Waals surface area contributed by atoms with Gasteiger partial charge in [0.05, 0.1) is 10.4 Å². The predicted octanol–water partition coefficient (Wildman–Crippen LogP) is 1.63. The zero-order valence-corrected chi connectivity index (χ0v) is 13.3. The largest absolute Gasteiger partial charge is 0.392 e. The van der Waals surface area contributed by atoms with E-state index in [4.69, 9.17) is 18.0 Å². The van der Waals surface area contributed by atoms with Crippen LogP contribution in [0.1, 0.15) is 39.5 Å². The van der Waals surface area contributed by atoms with Crippen LogP contribution in [0.2, 0.25) is 0 Å². The molecular formula is C14H27N3OS. The van der Waals surface area contributed by atoms with E-state index >= 15 is 0 Å². The van der Waals surface area contributed by atoms with Crippen LogP contribution in [0.15, 0.2) is 0 Å². The molecule has 0 aromatic heterocycles. The van der Waals surface area contributed by atoms with E-state index in [-0.39, 0.29) is 5.91 Å². The highest BCUT2D eigenvalue weighted by Gasteiger charge is 2.42. The van der Waals surface area contributed by atoms with Crippen LogP contribution in [-0.2, 0) is 4.79 Å². The number of rotatable bonds is 6. The molecule has 1 aliphatic heterocycles. The minimum atomic E-state index is -0.616. The first-order valence-corrected chi connectivity index (χ1v) is 7.66. The molecule has 1 fully saturated rings. The molecule has 1 saturated heterocycles. The number of thiocarbonyl (C=S) groups is 1. The second-order valence-electron chi connectivity index (χ2n) is 5.54. The molecule has 19 heavy (non-hydrogen) atoms. The molecule has 1 amide bonds. The maximum absolute atomic E-state index is 12.9. The van der Waals surface area contributed by atoms with Crippen molar-refractivity contribution in [1.82, 2.24) is 9.80 Å². The fourth-order valence-electron chi connectivity index (χ4n) is 2.86. The molecule has 0 aliphatic carbocycles. The van der Waals surface area contributed by atoms with Gasteiger partial charge in [-0.05, 0) is 19.9 Å². The number of nitrogens with zero attached hydrogens (tertiary/aromatic N) is 2. The van der Waals surface area contributed by atoms with E-state index in [0.29, 0.717) is 4.99 Å². The molecule has 4 nitrogen and oxygen atoms in total. The lowest BCUT2D eigenvalue weighted by Gasteiger charge is -2.40. The zero-order valence-electron chi connectivity index (χ0n) is 12.4. The number of amides is 1. The summed E-state index contributed by atoms with van der Waals surface area (Å²) in [7, 11) is 2.08. The van der Waals surface area contributed by atoms with Crippen molar-refractivity contribution in [3.05, 3.63) is 0 Å². The SMILES string of the molecule is CCCC(CCC)(C(=O)N1CCN(C)CC1)C(N)=S. The standard InChI is InChI=1S/C14H27N3OS/c1-4-6-14(7-5-2,12(15)19)13(18)17-10-8-16(3)9-11-17/h4-11H2,1-3H3,(H2,15,19). The lowest BCUT2D eigenvalue weighted by molar-refractivity contribution is -0.140. The summed E-state index contributed by atoms with van der Waals surface area (Å²) in [5.41, 5.74) is 5.34. The van der Waals surface area contributed by atoms with Gasteiger partial charge in [-0.2, -0.15) is 0 Å². The van der Waals surface area contributed by atoms with Gasteiger partial charge >= 0.3 is 0 Å². The Morgan fingerprint density at radius 3 is 2.00 bits per heavy atom. The van der Waals surface area contributed by atoms with Gasteiger partial charge in [-0.15, -0.1) is 0 Å². The monoisotopic (exact) mass is 285 g/mol. The van der Waals surface area contributed by atoms with E-state index in [1.807, 2.05) is 4.90 Å². The molecule has 0 aromatic rings. The molecule has 0 unspecified atom stereocenters. The summed E-state index contributed by atoms with van der Waals surface area (Å²) >= 11 is 5.25. The Morgan fingerprint density at radius 1 is 1.16 bits per heavy atom. The van der Waals surface area contributed by atoms with E-state index in [9.17, 15) is 4.79 Å². The number of likely N-dealkylation sites (N-methyl/N-ethyl adjacent to an activating group) is 1. The van der Waals surface area contributed by atoms with Gasteiger partial charge in [0, 0.05) is 26.2 Å². The maximum atomic E-state index is 12.9. The summed E-state index contributed by atoms with van der Waals surface area (Å²) in [4.78, 5) is 17.5. The fourth-order valence-corrected chi connectivity index (χ4v) is 3.15. The molecule has 1 aliphatic rings. The van der Waals surface area contributed by atoms with Crippen molar-refractivity contribution in [2.45, 2.75) is 39.5 Å². The summed E-state index contributed by atoms with van der Waals surface area (Å²) < 4.78 is 0. The molecule has 110 valence electrons. The molecule has 0 radical (unpaired) electrons. The smallest absolute Gasteiger partial charge is 0.235 e. The van der Waals surface area contributed by atoms with E-state index in [1.54, 1.807) is 0 Å². The number of hydrogen-bond donors (Lipinski definition) is 1. The van der Waals surface area contributed by atoms with Crippen LogP contribution in [0, 0.1) is 5.41 Å². The van der Waals surface area contributed by atoms with Crippen LogP contribution in [0.25, 0.3) is 0 Å². The maximum Gasteiger partial charge on any atom is 0.235 e. The molecular weight excluding hydrogens is 258 g/mol. The van der Waals surface area contributed by atoms with Crippen LogP contribution in [0.3, 0.4) is 0 Å². The summed E-state index contributed by atoms with van der Waals surface area (Å²) in [6, 6.07) is 0. The van der Waals surface area contributed by atoms with Crippen molar-refractivity contribution in [1.29, 1.82) is 0 Å². The van der Waals surface area contributed by atoms with Gasteiger partial charge in [0.2, 0.25) is 5.91 Å². The van der Waals surface area contributed by atoms with Gasteiger partial charge in [-0.3, -0.25) is 4.79 Å². The molecule has 1 rings (SSSR count). The van der Waals surface area contributed by atoms with Crippen LogP contribution >= 0.6 is 12.2 Å². The normalized spacial score (nSPS) is 17.5. The van der Waals surface area contributed by atoms with E-state index in [2.05, 4.69) is 25.8 Å². The van der Waals surface area contributed by atoms with Gasteiger partial charge in [0.1, 0.15) is 0 Å². The molecule has 2 N–H and O–H groups in total. The van der Waals surface area contributed by atoms with Crippen LogP contribution < -0.4 is 5.73 Å². The average molecular weight is 285 g/mol. The third kappa shape index (κ3) is 3.66. The highest BCUT2D eigenvalue weighted by atomic mass is 32.1. The Bertz CT molecular complexity index is 319. The Labute approximate surface area is 122 Å². The van der Waals surface area contributed by atoms with Crippen LogP contribution in [-0.4, -0.2) is 53.9 Å². The van der Waals surface area contributed by atoms with Crippen LogP contribution in [0.4, 0.5) is 0 Å². The summed E-state index contributed by atoms with van der Waals surface area (Å²) in [6.45, 7) is 7.59.